The van der Waals surface area contributed by atoms with Crippen LogP contribution in [0.2, 0.25) is 0 Å². The number of carbonyl (C=O) groups excluding carboxylic acids is 1. The Bertz CT molecular complexity index is 988. The van der Waals surface area contributed by atoms with Crippen molar-refractivity contribution in [2.75, 3.05) is 11.9 Å². The SMILES string of the molecule is CCCCCOC(=O)C1=C(C)Nc2nc3ccccc3n2[C@H]1c1cccs1. The van der Waals surface area contributed by atoms with Crippen LogP contribution in [-0.2, 0) is 9.53 Å². The van der Waals surface area contributed by atoms with Crippen LogP contribution in [0.25, 0.3) is 11.0 Å². The standard InChI is InChI=1S/C21H23N3O2S/c1-3-4-7-12-26-20(25)18-14(2)22-21-23-15-9-5-6-10-16(15)24(21)19(18)17-11-8-13-27-17/h5-6,8-11,13,19H,3-4,7,12H2,1-2H3,(H,22,23)/t19-/m0/s1. The average Bonchev–Trinajstić information content (AvgIpc) is 3.31. The summed E-state index contributed by atoms with van der Waals surface area (Å²) in [6, 6.07) is 11.9. The molecule has 140 valence electrons. The van der Waals surface area contributed by atoms with E-state index in [2.05, 4.69) is 22.9 Å². The first-order chi connectivity index (χ1) is 13.2. The predicted octanol–water partition coefficient (Wildman–Crippen LogP) is 5.12. The second-order valence-corrected chi connectivity index (χ2v) is 7.70. The van der Waals surface area contributed by atoms with E-state index in [4.69, 9.17) is 9.72 Å². The van der Waals surface area contributed by atoms with Gasteiger partial charge in [0.05, 0.1) is 23.2 Å². The highest BCUT2D eigenvalue weighted by Crippen LogP contribution is 2.40. The topological polar surface area (TPSA) is 56.1 Å². The second-order valence-electron chi connectivity index (χ2n) is 6.72. The van der Waals surface area contributed by atoms with Crippen molar-refractivity contribution in [3.8, 4) is 0 Å². The van der Waals surface area contributed by atoms with E-state index in [0.717, 1.165) is 46.8 Å². The smallest absolute Gasteiger partial charge is 0.338 e. The number of rotatable bonds is 6. The van der Waals surface area contributed by atoms with Gasteiger partial charge in [0, 0.05) is 10.6 Å². The zero-order valence-corrected chi connectivity index (χ0v) is 16.4. The lowest BCUT2D eigenvalue weighted by Crippen LogP contribution is -2.28. The molecule has 1 atom stereocenters. The van der Waals surface area contributed by atoms with E-state index >= 15 is 0 Å². The zero-order valence-electron chi connectivity index (χ0n) is 15.6. The Hall–Kier alpha value is -2.60. The summed E-state index contributed by atoms with van der Waals surface area (Å²) in [4.78, 5) is 18.8. The van der Waals surface area contributed by atoms with Crippen LogP contribution in [-0.4, -0.2) is 22.1 Å². The molecule has 3 aromatic rings. The van der Waals surface area contributed by atoms with E-state index in [-0.39, 0.29) is 12.0 Å². The summed E-state index contributed by atoms with van der Waals surface area (Å²) < 4.78 is 7.73. The molecule has 0 radical (unpaired) electrons. The molecule has 0 spiro atoms. The summed E-state index contributed by atoms with van der Waals surface area (Å²) >= 11 is 1.64. The van der Waals surface area contributed by atoms with Gasteiger partial charge in [-0.2, -0.15) is 0 Å². The van der Waals surface area contributed by atoms with Crippen molar-refractivity contribution in [3.63, 3.8) is 0 Å². The Labute approximate surface area is 162 Å². The van der Waals surface area contributed by atoms with E-state index < -0.39 is 0 Å². The lowest BCUT2D eigenvalue weighted by Gasteiger charge is -2.29. The molecule has 3 heterocycles. The minimum absolute atomic E-state index is 0.229. The van der Waals surface area contributed by atoms with Gasteiger partial charge in [-0.3, -0.25) is 4.57 Å². The molecule has 2 aromatic heterocycles. The molecule has 27 heavy (non-hydrogen) atoms. The van der Waals surface area contributed by atoms with Gasteiger partial charge in [-0.05, 0) is 36.9 Å². The highest BCUT2D eigenvalue weighted by Gasteiger charge is 2.35. The lowest BCUT2D eigenvalue weighted by atomic mass is 10.0. The average molecular weight is 382 g/mol. The van der Waals surface area contributed by atoms with Gasteiger partial charge in [0.1, 0.15) is 6.04 Å². The van der Waals surface area contributed by atoms with Crippen LogP contribution >= 0.6 is 11.3 Å². The number of nitrogens with zero attached hydrogens (tertiary/aromatic N) is 2. The molecule has 6 heteroatoms. The van der Waals surface area contributed by atoms with Crippen LogP contribution in [0.5, 0.6) is 0 Å². The van der Waals surface area contributed by atoms with Gasteiger partial charge in [0.15, 0.2) is 0 Å². The fourth-order valence-corrected chi connectivity index (χ4v) is 4.36. The van der Waals surface area contributed by atoms with Crippen molar-refractivity contribution in [2.24, 2.45) is 0 Å². The number of imidazole rings is 1. The number of hydrogen-bond acceptors (Lipinski definition) is 5. The number of aromatic nitrogens is 2. The summed E-state index contributed by atoms with van der Waals surface area (Å²) in [5.74, 6) is 0.507. The molecule has 1 aromatic carbocycles. The molecule has 0 fully saturated rings. The van der Waals surface area contributed by atoms with Crippen LogP contribution < -0.4 is 5.32 Å². The number of para-hydroxylation sites is 2. The maximum absolute atomic E-state index is 13.0. The summed E-state index contributed by atoms with van der Waals surface area (Å²) in [5, 5.41) is 5.35. The first-order valence-corrected chi connectivity index (χ1v) is 10.2. The normalized spacial score (nSPS) is 16.3. The quantitative estimate of drug-likeness (QED) is 0.476. The summed E-state index contributed by atoms with van der Waals surface area (Å²) in [6.45, 7) is 4.52. The number of anilines is 1. The minimum Gasteiger partial charge on any atom is -0.462 e. The van der Waals surface area contributed by atoms with Crippen molar-refractivity contribution < 1.29 is 9.53 Å². The summed E-state index contributed by atoms with van der Waals surface area (Å²) in [7, 11) is 0. The molecular weight excluding hydrogens is 358 g/mol. The van der Waals surface area contributed by atoms with E-state index in [9.17, 15) is 4.79 Å². The van der Waals surface area contributed by atoms with Crippen LogP contribution in [0.3, 0.4) is 0 Å². The molecule has 1 N–H and O–H groups in total. The molecule has 5 nitrogen and oxygen atoms in total. The van der Waals surface area contributed by atoms with Crippen molar-refractivity contribution in [2.45, 2.75) is 39.2 Å². The van der Waals surface area contributed by atoms with Crippen LogP contribution in [0.1, 0.15) is 44.0 Å². The van der Waals surface area contributed by atoms with Gasteiger partial charge in [0.2, 0.25) is 5.95 Å². The highest BCUT2D eigenvalue weighted by atomic mass is 32.1. The van der Waals surface area contributed by atoms with Crippen LogP contribution in [0, 0.1) is 0 Å². The van der Waals surface area contributed by atoms with E-state index in [1.165, 1.54) is 0 Å². The van der Waals surface area contributed by atoms with Gasteiger partial charge < -0.3 is 10.1 Å². The molecule has 0 amide bonds. The summed E-state index contributed by atoms with van der Waals surface area (Å²) in [6.07, 6.45) is 3.06. The second kappa shape index (κ2) is 7.56. The third-order valence-corrected chi connectivity index (χ3v) is 5.77. The van der Waals surface area contributed by atoms with Crippen molar-refractivity contribution in [3.05, 3.63) is 57.9 Å². The molecule has 1 aliphatic rings. The van der Waals surface area contributed by atoms with Crippen molar-refractivity contribution in [1.29, 1.82) is 0 Å². The van der Waals surface area contributed by atoms with E-state index in [1.54, 1.807) is 11.3 Å². The highest BCUT2D eigenvalue weighted by molar-refractivity contribution is 7.10. The molecule has 0 bridgehead atoms. The first-order valence-electron chi connectivity index (χ1n) is 9.36. The van der Waals surface area contributed by atoms with E-state index in [1.807, 2.05) is 42.6 Å². The van der Waals surface area contributed by atoms with Crippen molar-refractivity contribution in [1.82, 2.24) is 9.55 Å². The molecule has 0 unspecified atom stereocenters. The molecular formula is C21H23N3O2S. The number of fused-ring (bicyclic) bond motifs is 3. The Morgan fingerprint density at radius 1 is 1.26 bits per heavy atom. The number of carbonyl (C=O) groups is 1. The third-order valence-electron chi connectivity index (χ3n) is 4.84. The van der Waals surface area contributed by atoms with Gasteiger partial charge in [-0.15, -0.1) is 11.3 Å². The number of hydrogen-bond donors (Lipinski definition) is 1. The fourth-order valence-electron chi connectivity index (χ4n) is 3.54. The van der Waals surface area contributed by atoms with Crippen LogP contribution in [0.4, 0.5) is 5.95 Å². The zero-order chi connectivity index (χ0) is 18.8. The third kappa shape index (κ3) is 3.25. The molecule has 0 saturated carbocycles. The Kier molecular flexibility index (Phi) is 4.99. The number of esters is 1. The van der Waals surface area contributed by atoms with E-state index in [0.29, 0.717) is 12.2 Å². The fraction of sp³-hybridized carbons (Fsp3) is 0.333. The molecule has 4 rings (SSSR count). The number of unbranched alkanes of at least 4 members (excludes halogenated alkanes) is 2. The maximum Gasteiger partial charge on any atom is 0.338 e. The lowest BCUT2D eigenvalue weighted by molar-refractivity contribution is -0.139. The largest absolute Gasteiger partial charge is 0.462 e. The Morgan fingerprint density at radius 3 is 2.89 bits per heavy atom. The number of ether oxygens (including phenoxy) is 1. The van der Waals surface area contributed by atoms with Gasteiger partial charge in [-0.25, -0.2) is 9.78 Å². The molecule has 0 aliphatic carbocycles. The summed E-state index contributed by atoms with van der Waals surface area (Å²) in [5.41, 5.74) is 3.37. The van der Waals surface area contributed by atoms with Gasteiger partial charge in [-0.1, -0.05) is 38.0 Å². The molecule has 0 saturated heterocycles. The monoisotopic (exact) mass is 381 g/mol. The van der Waals surface area contributed by atoms with Gasteiger partial charge in [0.25, 0.3) is 0 Å². The molecule has 1 aliphatic heterocycles. The van der Waals surface area contributed by atoms with Crippen LogP contribution in [0.15, 0.2) is 53.0 Å². The minimum atomic E-state index is -0.252. The maximum atomic E-state index is 13.0. The number of thiophene rings is 1. The van der Waals surface area contributed by atoms with Gasteiger partial charge >= 0.3 is 5.97 Å². The number of benzene rings is 1. The number of nitrogens with one attached hydrogen (secondary N) is 1. The Morgan fingerprint density at radius 2 is 2.11 bits per heavy atom. The Balaban J connectivity index is 1.77. The first kappa shape index (κ1) is 17.8. The van der Waals surface area contributed by atoms with Crippen molar-refractivity contribution >= 4 is 34.3 Å². The predicted molar refractivity (Wildman–Crippen MR) is 109 cm³/mol. The number of allylic oxidation sites excluding steroid dienone is 1.